The summed E-state index contributed by atoms with van der Waals surface area (Å²) in [5.41, 5.74) is 5.51. The van der Waals surface area contributed by atoms with Gasteiger partial charge in [-0.25, -0.2) is 13.1 Å². The number of rotatable bonds is 3. The summed E-state index contributed by atoms with van der Waals surface area (Å²) >= 11 is 0. The molecule has 0 aliphatic heterocycles. The van der Waals surface area contributed by atoms with Crippen LogP contribution in [-0.4, -0.2) is 27.3 Å². The van der Waals surface area contributed by atoms with Gasteiger partial charge in [0.2, 0.25) is 10.0 Å². The Morgan fingerprint density at radius 2 is 2.17 bits per heavy atom. The van der Waals surface area contributed by atoms with Crippen molar-refractivity contribution in [3.8, 4) is 0 Å². The summed E-state index contributed by atoms with van der Waals surface area (Å²) in [5, 5.41) is 0. The van der Waals surface area contributed by atoms with Gasteiger partial charge in [0.05, 0.1) is 6.26 Å². The lowest BCUT2D eigenvalue weighted by Crippen LogP contribution is -2.39. The Kier molecular flexibility index (Phi) is 3.09. The van der Waals surface area contributed by atoms with E-state index in [-0.39, 0.29) is 6.04 Å². The molecule has 4 nitrogen and oxygen atoms in total. The van der Waals surface area contributed by atoms with Crippen LogP contribution in [0, 0.1) is 5.92 Å². The highest BCUT2D eigenvalue weighted by Gasteiger charge is 2.27. The molecule has 1 fully saturated rings. The zero-order valence-electron chi connectivity index (χ0n) is 7.29. The first-order chi connectivity index (χ1) is 5.53. The summed E-state index contributed by atoms with van der Waals surface area (Å²) < 4.78 is 24.4. The Morgan fingerprint density at radius 1 is 1.50 bits per heavy atom. The standard InChI is InChI=1S/C7H16N2O2S/c1-12(10,11)9-7-4-2-3-6(7)5-8/h6-7,9H,2-5,8H2,1H3/t6-,7-/m1/s1. The topological polar surface area (TPSA) is 72.2 Å². The van der Waals surface area contributed by atoms with Gasteiger partial charge in [-0.3, -0.25) is 0 Å². The molecule has 0 saturated heterocycles. The smallest absolute Gasteiger partial charge is 0.208 e. The second-order valence-corrected chi connectivity index (χ2v) is 5.20. The number of hydrogen-bond acceptors (Lipinski definition) is 3. The highest BCUT2D eigenvalue weighted by atomic mass is 32.2. The van der Waals surface area contributed by atoms with Crippen molar-refractivity contribution >= 4 is 10.0 Å². The van der Waals surface area contributed by atoms with Crippen LogP contribution in [0.25, 0.3) is 0 Å². The van der Waals surface area contributed by atoms with Gasteiger partial charge in [-0.2, -0.15) is 0 Å². The van der Waals surface area contributed by atoms with E-state index in [1.54, 1.807) is 0 Å². The van der Waals surface area contributed by atoms with Gasteiger partial charge in [-0.1, -0.05) is 6.42 Å². The molecule has 0 heterocycles. The molecule has 0 aromatic rings. The van der Waals surface area contributed by atoms with Crippen LogP contribution in [0.15, 0.2) is 0 Å². The molecule has 1 rings (SSSR count). The molecule has 12 heavy (non-hydrogen) atoms. The molecular formula is C7H16N2O2S. The average molecular weight is 192 g/mol. The van der Waals surface area contributed by atoms with Gasteiger partial charge in [0.15, 0.2) is 0 Å². The van der Waals surface area contributed by atoms with Crippen LogP contribution in [0.1, 0.15) is 19.3 Å². The molecule has 0 amide bonds. The maximum Gasteiger partial charge on any atom is 0.208 e. The minimum atomic E-state index is -3.06. The van der Waals surface area contributed by atoms with Gasteiger partial charge < -0.3 is 5.73 Å². The summed E-state index contributed by atoms with van der Waals surface area (Å²) in [6.45, 7) is 0.577. The molecule has 0 aromatic carbocycles. The first kappa shape index (κ1) is 9.95. The zero-order valence-corrected chi connectivity index (χ0v) is 8.10. The SMILES string of the molecule is CS(=O)(=O)N[C@@H]1CCC[C@@H]1CN. The monoisotopic (exact) mass is 192 g/mol. The van der Waals surface area contributed by atoms with E-state index in [0.717, 1.165) is 19.3 Å². The third-order valence-electron chi connectivity index (χ3n) is 2.33. The van der Waals surface area contributed by atoms with Crippen LogP contribution < -0.4 is 10.5 Å². The maximum absolute atomic E-state index is 10.9. The zero-order chi connectivity index (χ0) is 9.19. The summed E-state index contributed by atoms with van der Waals surface area (Å²) in [4.78, 5) is 0. The Labute approximate surface area is 73.6 Å². The highest BCUT2D eigenvalue weighted by molar-refractivity contribution is 7.88. The third kappa shape index (κ3) is 2.73. The van der Waals surface area contributed by atoms with E-state index in [0.29, 0.717) is 12.5 Å². The second kappa shape index (κ2) is 3.72. The number of sulfonamides is 1. The van der Waals surface area contributed by atoms with Crippen molar-refractivity contribution in [1.82, 2.24) is 4.72 Å². The van der Waals surface area contributed by atoms with Crippen LogP contribution >= 0.6 is 0 Å². The molecule has 0 unspecified atom stereocenters. The molecule has 0 bridgehead atoms. The Bertz CT molecular complexity index is 238. The van der Waals surface area contributed by atoms with Crippen molar-refractivity contribution in [2.24, 2.45) is 11.7 Å². The lowest BCUT2D eigenvalue weighted by atomic mass is 10.1. The molecule has 2 atom stereocenters. The lowest BCUT2D eigenvalue weighted by molar-refractivity contribution is 0.454. The fourth-order valence-corrected chi connectivity index (χ4v) is 2.61. The van der Waals surface area contributed by atoms with E-state index >= 15 is 0 Å². The minimum Gasteiger partial charge on any atom is -0.330 e. The number of nitrogens with one attached hydrogen (secondary N) is 1. The summed E-state index contributed by atoms with van der Waals surface area (Å²) in [6.07, 6.45) is 4.24. The maximum atomic E-state index is 10.9. The van der Waals surface area contributed by atoms with Gasteiger partial charge in [0.25, 0.3) is 0 Å². The summed E-state index contributed by atoms with van der Waals surface area (Å²) in [5.74, 6) is 0.333. The Hall–Kier alpha value is -0.130. The van der Waals surface area contributed by atoms with E-state index in [2.05, 4.69) is 4.72 Å². The minimum absolute atomic E-state index is 0.0741. The summed E-state index contributed by atoms with van der Waals surface area (Å²) in [6, 6.07) is 0.0741. The van der Waals surface area contributed by atoms with E-state index in [1.165, 1.54) is 6.26 Å². The first-order valence-corrected chi connectivity index (χ1v) is 6.09. The highest BCUT2D eigenvalue weighted by Crippen LogP contribution is 2.24. The lowest BCUT2D eigenvalue weighted by Gasteiger charge is -2.17. The van der Waals surface area contributed by atoms with Crippen molar-refractivity contribution in [2.75, 3.05) is 12.8 Å². The van der Waals surface area contributed by atoms with Crippen molar-refractivity contribution in [2.45, 2.75) is 25.3 Å². The fraction of sp³-hybridized carbons (Fsp3) is 1.00. The van der Waals surface area contributed by atoms with Gasteiger partial charge in [0.1, 0.15) is 0 Å². The molecule has 0 spiro atoms. The largest absolute Gasteiger partial charge is 0.330 e. The van der Waals surface area contributed by atoms with Crippen LogP contribution in [0.2, 0.25) is 0 Å². The molecule has 3 N–H and O–H groups in total. The van der Waals surface area contributed by atoms with Gasteiger partial charge in [-0.15, -0.1) is 0 Å². The normalized spacial score (nSPS) is 30.8. The molecule has 5 heteroatoms. The Morgan fingerprint density at radius 3 is 2.67 bits per heavy atom. The predicted octanol–water partition coefficient (Wildman–Crippen LogP) is -0.337. The first-order valence-electron chi connectivity index (χ1n) is 4.20. The number of nitrogens with two attached hydrogens (primary N) is 1. The predicted molar refractivity (Wildman–Crippen MR) is 48.2 cm³/mol. The molecule has 0 aromatic heterocycles. The van der Waals surface area contributed by atoms with E-state index in [9.17, 15) is 8.42 Å². The third-order valence-corrected chi connectivity index (χ3v) is 3.06. The van der Waals surface area contributed by atoms with Crippen LogP contribution in [0.5, 0.6) is 0 Å². The Balaban J connectivity index is 2.52. The number of hydrogen-bond donors (Lipinski definition) is 2. The van der Waals surface area contributed by atoms with E-state index < -0.39 is 10.0 Å². The molecule has 1 saturated carbocycles. The summed E-state index contributed by atoms with van der Waals surface area (Å²) in [7, 11) is -3.06. The van der Waals surface area contributed by atoms with Crippen molar-refractivity contribution in [3.05, 3.63) is 0 Å². The fourth-order valence-electron chi connectivity index (χ4n) is 1.75. The molecular weight excluding hydrogens is 176 g/mol. The molecule has 72 valence electrons. The van der Waals surface area contributed by atoms with Gasteiger partial charge in [-0.05, 0) is 25.3 Å². The molecule has 1 aliphatic rings. The van der Waals surface area contributed by atoms with Crippen molar-refractivity contribution in [3.63, 3.8) is 0 Å². The molecule has 1 aliphatic carbocycles. The molecule has 0 radical (unpaired) electrons. The van der Waals surface area contributed by atoms with Gasteiger partial charge >= 0.3 is 0 Å². The van der Waals surface area contributed by atoms with Crippen LogP contribution in [0.4, 0.5) is 0 Å². The van der Waals surface area contributed by atoms with Crippen LogP contribution in [-0.2, 0) is 10.0 Å². The van der Waals surface area contributed by atoms with E-state index in [4.69, 9.17) is 5.73 Å². The van der Waals surface area contributed by atoms with E-state index in [1.807, 2.05) is 0 Å². The average Bonchev–Trinajstić information content (AvgIpc) is 2.31. The second-order valence-electron chi connectivity index (χ2n) is 3.42. The van der Waals surface area contributed by atoms with Gasteiger partial charge in [0, 0.05) is 6.04 Å². The van der Waals surface area contributed by atoms with Crippen molar-refractivity contribution in [1.29, 1.82) is 0 Å². The van der Waals surface area contributed by atoms with Crippen LogP contribution in [0.3, 0.4) is 0 Å². The van der Waals surface area contributed by atoms with Crippen molar-refractivity contribution < 1.29 is 8.42 Å². The quantitative estimate of drug-likeness (QED) is 0.642.